The fraction of sp³-hybridized carbons (Fsp3) is 0.136. The molecule has 0 aliphatic heterocycles. The van der Waals surface area contributed by atoms with Crippen molar-refractivity contribution in [3.63, 3.8) is 0 Å². The van der Waals surface area contributed by atoms with E-state index in [0.29, 0.717) is 11.3 Å². The number of carbonyl (C=O) groups excluding carboxylic acids is 1. The summed E-state index contributed by atoms with van der Waals surface area (Å²) in [5, 5.41) is 13.2. The minimum Gasteiger partial charge on any atom is -0.482 e. The van der Waals surface area contributed by atoms with Crippen LogP contribution in [0.25, 0.3) is 11.8 Å². The van der Waals surface area contributed by atoms with Crippen LogP contribution in [-0.4, -0.2) is 33.2 Å². The van der Waals surface area contributed by atoms with Crippen LogP contribution in [0.3, 0.4) is 0 Å². The standard InChI is InChI=1S/C22H20N2O4/c1-15-20(16(2)24(23-15)18-6-4-3-5-7-18)12-13-21(25)17-8-10-19(11-9-17)28-14-22(26)27/h3-13H,14H2,1-2H3,(H,26,27)/b13-12+. The third-order valence-corrected chi connectivity index (χ3v) is 4.25. The summed E-state index contributed by atoms with van der Waals surface area (Å²) in [6.45, 7) is 3.45. The quantitative estimate of drug-likeness (QED) is 0.500. The van der Waals surface area contributed by atoms with Crippen molar-refractivity contribution in [2.75, 3.05) is 6.61 Å². The Bertz CT molecular complexity index is 1020. The second-order valence-corrected chi connectivity index (χ2v) is 6.24. The van der Waals surface area contributed by atoms with Gasteiger partial charge in [0, 0.05) is 16.8 Å². The second-order valence-electron chi connectivity index (χ2n) is 6.24. The first-order valence-electron chi connectivity index (χ1n) is 8.74. The van der Waals surface area contributed by atoms with Gasteiger partial charge in [0.15, 0.2) is 12.4 Å². The molecule has 0 unspecified atom stereocenters. The topological polar surface area (TPSA) is 81.4 Å². The number of aliphatic carboxylic acids is 1. The molecule has 0 aliphatic rings. The van der Waals surface area contributed by atoms with Gasteiger partial charge in [0.25, 0.3) is 0 Å². The Morgan fingerprint density at radius 3 is 2.39 bits per heavy atom. The number of allylic oxidation sites excluding steroid dienone is 1. The lowest BCUT2D eigenvalue weighted by atomic mass is 10.1. The van der Waals surface area contributed by atoms with E-state index in [1.54, 1.807) is 30.3 Å². The van der Waals surface area contributed by atoms with E-state index < -0.39 is 12.6 Å². The Hall–Kier alpha value is -3.67. The van der Waals surface area contributed by atoms with Crippen LogP contribution >= 0.6 is 0 Å². The lowest BCUT2D eigenvalue weighted by molar-refractivity contribution is -0.139. The summed E-state index contributed by atoms with van der Waals surface area (Å²) < 4.78 is 6.92. The Balaban J connectivity index is 1.76. The fourth-order valence-corrected chi connectivity index (χ4v) is 2.83. The number of rotatable bonds is 7. The van der Waals surface area contributed by atoms with Gasteiger partial charge in [-0.2, -0.15) is 5.10 Å². The maximum absolute atomic E-state index is 12.4. The summed E-state index contributed by atoms with van der Waals surface area (Å²) in [6, 6.07) is 16.2. The second kappa shape index (κ2) is 8.35. The monoisotopic (exact) mass is 376 g/mol. The van der Waals surface area contributed by atoms with Gasteiger partial charge >= 0.3 is 5.97 Å². The number of benzene rings is 2. The zero-order valence-electron chi connectivity index (χ0n) is 15.6. The van der Waals surface area contributed by atoms with Crippen LogP contribution in [0.4, 0.5) is 0 Å². The zero-order chi connectivity index (χ0) is 20.1. The molecule has 0 amide bonds. The van der Waals surface area contributed by atoms with E-state index in [4.69, 9.17) is 9.84 Å². The van der Waals surface area contributed by atoms with E-state index >= 15 is 0 Å². The first-order valence-corrected chi connectivity index (χ1v) is 8.74. The molecule has 0 radical (unpaired) electrons. The summed E-state index contributed by atoms with van der Waals surface area (Å²) in [5.41, 5.74) is 4.14. The molecule has 6 heteroatoms. The van der Waals surface area contributed by atoms with Crippen molar-refractivity contribution < 1.29 is 19.4 Å². The minimum absolute atomic E-state index is 0.156. The Morgan fingerprint density at radius 1 is 1.07 bits per heavy atom. The van der Waals surface area contributed by atoms with E-state index in [9.17, 15) is 9.59 Å². The van der Waals surface area contributed by atoms with Crippen LogP contribution < -0.4 is 4.74 Å². The van der Waals surface area contributed by atoms with Gasteiger partial charge in [-0.3, -0.25) is 4.79 Å². The average molecular weight is 376 g/mol. The fourth-order valence-electron chi connectivity index (χ4n) is 2.83. The number of hydrogen-bond acceptors (Lipinski definition) is 4. The molecule has 0 spiro atoms. The third kappa shape index (κ3) is 4.35. The summed E-state index contributed by atoms with van der Waals surface area (Å²) in [7, 11) is 0. The predicted molar refractivity (Wildman–Crippen MR) is 106 cm³/mol. The Kier molecular flexibility index (Phi) is 5.69. The minimum atomic E-state index is -1.05. The zero-order valence-corrected chi connectivity index (χ0v) is 15.6. The van der Waals surface area contributed by atoms with Crippen LogP contribution in [0.2, 0.25) is 0 Å². The van der Waals surface area contributed by atoms with E-state index in [-0.39, 0.29) is 5.78 Å². The molecule has 2 aromatic carbocycles. The number of aryl methyl sites for hydroxylation is 1. The molecule has 0 saturated heterocycles. The lowest BCUT2D eigenvalue weighted by Crippen LogP contribution is -2.09. The smallest absolute Gasteiger partial charge is 0.341 e. The van der Waals surface area contributed by atoms with Crippen LogP contribution in [0.1, 0.15) is 27.3 Å². The molecular formula is C22H20N2O4. The van der Waals surface area contributed by atoms with Crippen molar-refractivity contribution in [3.05, 3.63) is 83.2 Å². The molecule has 3 rings (SSSR count). The highest BCUT2D eigenvalue weighted by atomic mass is 16.5. The van der Waals surface area contributed by atoms with Crippen molar-refractivity contribution in [1.29, 1.82) is 0 Å². The van der Waals surface area contributed by atoms with Gasteiger partial charge in [-0.15, -0.1) is 0 Å². The third-order valence-electron chi connectivity index (χ3n) is 4.25. The van der Waals surface area contributed by atoms with E-state index in [2.05, 4.69) is 5.10 Å². The van der Waals surface area contributed by atoms with Gasteiger partial charge in [0.05, 0.1) is 11.4 Å². The number of aromatic nitrogens is 2. The van der Waals surface area contributed by atoms with Gasteiger partial charge in [-0.25, -0.2) is 9.48 Å². The molecule has 0 aliphatic carbocycles. The number of nitrogens with zero attached hydrogens (tertiary/aromatic N) is 2. The Morgan fingerprint density at radius 2 is 1.75 bits per heavy atom. The molecule has 3 aromatic rings. The van der Waals surface area contributed by atoms with Crippen molar-refractivity contribution in [3.8, 4) is 11.4 Å². The molecule has 142 valence electrons. The van der Waals surface area contributed by atoms with Gasteiger partial charge in [-0.1, -0.05) is 18.2 Å². The highest BCUT2D eigenvalue weighted by Gasteiger charge is 2.11. The number of carboxylic acids is 1. The van der Waals surface area contributed by atoms with E-state index in [1.807, 2.05) is 48.9 Å². The average Bonchev–Trinajstić information content (AvgIpc) is 2.99. The summed E-state index contributed by atoms with van der Waals surface area (Å²) in [6.07, 6.45) is 3.29. The van der Waals surface area contributed by atoms with Crippen molar-refractivity contribution in [2.45, 2.75) is 13.8 Å². The van der Waals surface area contributed by atoms with Gasteiger partial charge < -0.3 is 9.84 Å². The SMILES string of the molecule is Cc1nn(-c2ccccc2)c(C)c1/C=C/C(=O)c1ccc(OCC(=O)O)cc1. The van der Waals surface area contributed by atoms with Crippen molar-refractivity contribution in [1.82, 2.24) is 9.78 Å². The normalized spacial score (nSPS) is 10.9. The predicted octanol–water partition coefficient (Wildman–Crippen LogP) is 3.85. The highest BCUT2D eigenvalue weighted by molar-refractivity contribution is 6.07. The molecular weight excluding hydrogens is 356 g/mol. The van der Waals surface area contributed by atoms with Gasteiger partial charge in [-0.05, 0) is 62.4 Å². The molecule has 1 heterocycles. The molecule has 28 heavy (non-hydrogen) atoms. The highest BCUT2D eigenvalue weighted by Crippen LogP contribution is 2.20. The van der Waals surface area contributed by atoms with Gasteiger partial charge in [0.2, 0.25) is 0 Å². The molecule has 0 saturated carbocycles. The maximum atomic E-state index is 12.4. The largest absolute Gasteiger partial charge is 0.482 e. The number of hydrogen-bond donors (Lipinski definition) is 1. The molecule has 0 atom stereocenters. The number of para-hydroxylation sites is 1. The van der Waals surface area contributed by atoms with Crippen LogP contribution in [0.15, 0.2) is 60.7 Å². The number of ether oxygens (including phenoxy) is 1. The number of carboxylic acid groups (broad SMARTS) is 1. The summed E-state index contributed by atoms with van der Waals surface area (Å²) in [5.74, 6) is -0.806. The molecule has 0 fully saturated rings. The lowest BCUT2D eigenvalue weighted by Gasteiger charge is -2.04. The van der Waals surface area contributed by atoms with E-state index in [1.165, 1.54) is 6.08 Å². The number of ketones is 1. The van der Waals surface area contributed by atoms with Crippen LogP contribution in [0, 0.1) is 13.8 Å². The first-order chi connectivity index (χ1) is 13.5. The Labute approximate surface area is 162 Å². The molecule has 0 bridgehead atoms. The van der Waals surface area contributed by atoms with Gasteiger partial charge in [0.1, 0.15) is 5.75 Å². The van der Waals surface area contributed by atoms with E-state index in [0.717, 1.165) is 22.6 Å². The summed E-state index contributed by atoms with van der Waals surface area (Å²) in [4.78, 5) is 23.0. The first kappa shape index (κ1) is 19.1. The van der Waals surface area contributed by atoms with Crippen molar-refractivity contribution >= 4 is 17.8 Å². The van der Waals surface area contributed by atoms with Crippen molar-refractivity contribution in [2.24, 2.45) is 0 Å². The van der Waals surface area contributed by atoms with Crippen LogP contribution in [-0.2, 0) is 4.79 Å². The molecule has 1 N–H and O–H groups in total. The maximum Gasteiger partial charge on any atom is 0.341 e. The molecule has 6 nitrogen and oxygen atoms in total. The summed E-state index contributed by atoms with van der Waals surface area (Å²) >= 11 is 0. The molecule has 1 aromatic heterocycles. The number of carbonyl (C=O) groups is 2. The van der Waals surface area contributed by atoms with Crippen LogP contribution in [0.5, 0.6) is 5.75 Å².